The number of ether oxygens (including phenoxy) is 3. The first-order valence-electron chi connectivity index (χ1n) is 20.0. The lowest BCUT2D eigenvalue weighted by molar-refractivity contribution is -0.244. The van der Waals surface area contributed by atoms with Crippen molar-refractivity contribution >= 4 is 44.6 Å². The third-order valence-corrected chi connectivity index (χ3v) is 13.5. The summed E-state index contributed by atoms with van der Waals surface area (Å²) in [5.41, 5.74) is -4.58. The number of benzene rings is 1. The number of hydrogen-bond donors (Lipinski definition) is 3. The molecular formula is C40H51F4N5O9S. The Labute approximate surface area is 340 Å². The maximum Gasteiger partial charge on any atom is 0.427 e. The number of alkyl halides is 3. The van der Waals surface area contributed by atoms with Crippen molar-refractivity contribution in [1.29, 1.82) is 0 Å². The van der Waals surface area contributed by atoms with Crippen LogP contribution >= 0.6 is 0 Å². The second-order valence-corrected chi connectivity index (χ2v) is 18.5. The zero-order valence-corrected chi connectivity index (χ0v) is 34.4. The number of alkyl carbamates (subject to hydrolysis) is 1. The molecule has 3 heterocycles. The van der Waals surface area contributed by atoms with E-state index in [1.165, 1.54) is 18.3 Å². The van der Waals surface area contributed by atoms with Gasteiger partial charge < -0.3 is 29.7 Å². The summed E-state index contributed by atoms with van der Waals surface area (Å²) in [5.74, 6) is -4.50. The number of nitrogens with zero attached hydrogens (tertiary/aromatic N) is 2. The molecule has 0 radical (unpaired) electrons. The number of carbonyl (C=O) groups excluding carboxylic acids is 4. The molecule has 1 saturated heterocycles. The molecule has 2 aromatic rings. The van der Waals surface area contributed by atoms with Crippen LogP contribution in [0.4, 0.5) is 22.4 Å². The molecule has 0 bridgehead atoms. The van der Waals surface area contributed by atoms with Crippen LogP contribution in [-0.4, -0.2) is 96.0 Å². The van der Waals surface area contributed by atoms with Crippen LogP contribution in [-0.2, 0) is 29.1 Å². The van der Waals surface area contributed by atoms with Crippen LogP contribution < -0.4 is 24.8 Å². The minimum atomic E-state index is -4.94. The first-order valence-corrected chi connectivity index (χ1v) is 21.5. The Kier molecular flexibility index (Phi) is 12.5. The number of halogens is 4. The molecule has 14 nitrogen and oxygen atoms in total. The topological polar surface area (TPSA) is 182 Å². The predicted molar refractivity (Wildman–Crippen MR) is 206 cm³/mol. The monoisotopic (exact) mass is 853 g/mol. The maximum atomic E-state index is 15.1. The molecule has 0 spiro atoms. The fourth-order valence-electron chi connectivity index (χ4n) is 7.83. The van der Waals surface area contributed by atoms with E-state index >= 15 is 4.39 Å². The van der Waals surface area contributed by atoms with E-state index in [1.54, 1.807) is 26.0 Å². The van der Waals surface area contributed by atoms with Gasteiger partial charge in [0.1, 0.15) is 23.7 Å². The summed E-state index contributed by atoms with van der Waals surface area (Å²) in [6.45, 7) is 6.70. The van der Waals surface area contributed by atoms with Gasteiger partial charge in [-0.3, -0.25) is 19.1 Å². The van der Waals surface area contributed by atoms with Gasteiger partial charge in [0.05, 0.1) is 18.4 Å². The van der Waals surface area contributed by atoms with Gasteiger partial charge in [-0.05, 0) is 94.7 Å². The Hall–Kier alpha value is -4.68. The van der Waals surface area contributed by atoms with Crippen molar-refractivity contribution in [3.8, 4) is 11.6 Å². The summed E-state index contributed by atoms with van der Waals surface area (Å²) in [6, 6.07) is 1.44. The van der Waals surface area contributed by atoms with Crippen LogP contribution in [0.15, 0.2) is 36.5 Å². The Morgan fingerprint density at radius 1 is 1.10 bits per heavy atom. The Balaban J connectivity index is 1.37. The summed E-state index contributed by atoms with van der Waals surface area (Å²) in [4.78, 5) is 61.8. The van der Waals surface area contributed by atoms with Gasteiger partial charge in [0, 0.05) is 23.9 Å². The third kappa shape index (κ3) is 9.54. The summed E-state index contributed by atoms with van der Waals surface area (Å²) in [5, 5.41) is 5.22. The molecule has 4 aliphatic rings. The number of carbonyl (C=O) groups is 4. The number of aromatic nitrogens is 1. The Bertz CT molecular complexity index is 2100. The van der Waals surface area contributed by atoms with Crippen molar-refractivity contribution in [2.45, 2.75) is 127 Å². The normalized spacial score (nSPS) is 28.1. The van der Waals surface area contributed by atoms with Crippen molar-refractivity contribution in [3.63, 3.8) is 0 Å². The van der Waals surface area contributed by atoms with Crippen molar-refractivity contribution in [2.24, 2.45) is 17.8 Å². The number of sulfonamides is 1. The van der Waals surface area contributed by atoms with E-state index in [9.17, 15) is 40.8 Å². The number of rotatable bonds is 10. The number of nitrogens with one attached hydrogen (secondary N) is 3. The summed E-state index contributed by atoms with van der Waals surface area (Å²) < 4.78 is 101. The van der Waals surface area contributed by atoms with Crippen LogP contribution in [0.5, 0.6) is 11.6 Å². The molecule has 59 heavy (non-hydrogen) atoms. The summed E-state index contributed by atoms with van der Waals surface area (Å²) in [7, 11) is -4.01. The SMILES string of the molecule is CCOc1cc2ccnc(O[C@@H]3C[C@H]4C(=O)N[C@]5(C(=O)NS(=O)(=O)C6CC6)C[C@H]5C=CCC[C@H](C)C[C@@H](CC)[C@H](NC(=O)OC(C)(C)C(F)(F)F)C(=O)N4C3)c2cc1F. The van der Waals surface area contributed by atoms with Crippen LogP contribution in [0.25, 0.3) is 10.8 Å². The van der Waals surface area contributed by atoms with E-state index in [0.717, 1.165) is 4.90 Å². The third-order valence-electron chi connectivity index (χ3n) is 11.6. The molecule has 2 saturated carbocycles. The fourth-order valence-corrected chi connectivity index (χ4v) is 9.19. The minimum absolute atomic E-state index is 0.0118. The number of pyridine rings is 1. The van der Waals surface area contributed by atoms with Gasteiger partial charge in [0.2, 0.25) is 33.3 Å². The highest BCUT2D eigenvalue weighted by Gasteiger charge is 2.62. The molecule has 324 valence electrons. The van der Waals surface area contributed by atoms with Crippen molar-refractivity contribution in [1.82, 2.24) is 25.2 Å². The maximum absolute atomic E-state index is 15.1. The van der Waals surface area contributed by atoms with Gasteiger partial charge in [-0.1, -0.05) is 32.4 Å². The Morgan fingerprint density at radius 3 is 2.49 bits per heavy atom. The zero-order chi connectivity index (χ0) is 43.1. The van der Waals surface area contributed by atoms with Crippen LogP contribution in [0.3, 0.4) is 0 Å². The van der Waals surface area contributed by atoms with Crippen LogP contribution in [0.1, 0.15) is 86.0 Å². The number of fused-ring (bicyclic) bond motifs is 3. The van der Waals surface area contributed by atoms with E-state index in [0.29, 0.717) is 57.8 Å². The molecule has 3 fully saturated rings. The zero-order valence-electron chi connectivity index (χ0n) is 33.6. The highest BCUT2D eigenvalue weighted by molar-refractivity contribution is 7.91. The number of amides is 4. The molecule has 1 aromatic heterocycles. The van der Waals surface area contributed by atoms with Crippen LogP contribution in [0.2, 0.25) is 0 Å². The molecule has 0 unspecified atom stereocenters. The van der Waals surface area contributed by atoms with Crippen molar-refractivity contribution < 1.29 is 59.4 Å². The largest absolute Gasteiger partial charge is 0.491 e. The van der Waals surface area contributed by atoms with Gasteiger partial charge in [0.25, 0.3) is 5.91 Å². The standard InChI is InChI=1S/C40H51F4N5O9S/c1-6-23-16-22(3)10-8-9-11-25-20-39(25,36(52)48-59(54,55)27-12-13-27)47-33(50)30-18-26(57-34-28-19-29(41)31(56-7-2)17-24(28)14-15-45-34)21-49(30)35(51)32(23)46-37(53)58-38(4,5)40(42,43)44/h9,11,14-15,17,19,22-23,25-27,30,32H,6-8,10,12-13,16,18,20-21H2,1-5H3,(H,46,53)(H,47,50)(H,48,52)/t22-,23+,25+,26+,30-,32-,39+/m0/s1. The molecule has 2 aliphatic carbocycles. The van der Waals surface area contributed by atoms with Crippen molar-refractivity contribution in [2.75, 3.05) is 13.2 Å². The van der Waals surface area contributed by atoms with E-state index in [-0.39, 0.29) is 48.9 Å². The van der Waals surface area contributed by atoms with Gasteiger partial charge >= 0.3 is 12.3 Å². The highest BCUT2D eigenvalue weighted by atomic mass is 32.2. The van der Waals surface area contributed by atoms with Crippen LogP contribution in [0, 0.1) is 23.6 Å². The van der Waals surface area contributed by atoms with E-state index in [2.05, 4.69) is 20.3 Å². The van der Waals surface area contributed by atoms with Crippen molar-refractivity contribution in [3.05, 3.63) is 42.4 Å². The molecule has 2 aliphatic heterocycles. The lowest BCUT2D eigenvalue weighted by Crippen LogP contribution is -2.59. The average molecular weight is 854 g/mol. The second-order valence-electron chi connectivity index (χ2n) is 16.5. The van der Waals surface area contributed by atoms with E-state index in [1.807, 2.05) is 13.0 Å². The number of hydrogen-bond acceptors (Lipinski definition) is 10. The van der Waals surface area contributed by atoms with Gasteiger partial charge in [0.15, 0.2) is 11.6 Å². The summed E-state index contributed by atoms with van der Waals surface area (Å²) in [6.07, 6.45) is 0.0946. The molecular weight excluding hydrogens is 803 g/mol. The van der Waals surface area contributed by atoms with Gasteiger partial charge in [-0.2, -0.15) is 13.2 Å². The lowest BCUT2D eigenvalue weighted by Gasteiger charge is -2.35. The molecule has 1 aromatic carbocycles. The molecule has 19 heteroatoms. The van der Waals surface area contributed by atoms with Gasteiger partial charge in [-0.25, -0.2) is 22.6 Å². The Morgan fingerprint density at radius 2 is 1.83 bits per heavy atom. The summed E-state index contributed by atoms with van der Waals surface area (Å²) >= 11 is 0. The molecule has 4 amide bonds. The molecule has 6 rings (SSSR count). The van der Waals surface area contributed by atoms with E-state index < -0.39 is 92.2 Å². The second kappa shape index (κ2) is 16.8. The van der Waals surface area contributed by atoms with E-state index in [4.69, 9.17) is 14.2 Å². The lowest BCUT2D eigenvalue weighted by atomic mass is 9.85. The predicted octanol–water partition coefficient (Wildman–Crippen LogP) is 5.44. The molecule has 7 atom stereocenters. The molecule has 3 N–H and O–H groups in total. The van der Waals surface area contributed by atoms with Gasteiger partial charge in [-0.15, -0.1) is 0 Å². The smallest absolute Gasteiger partial charge is 0.427 e. The quantitative estimate of drug-likeness (QED) is 0.206. The highest BCUT2D eigenvalue weighted by Crippen LogP contribution is 2.46. The minimum Gasteiger partial charge on any atom is -0.491 e. The fraction of sp³-hybridized carbons (Fsp3) is 0.625. The number of allylic oxidation sites excluding steroid dienone is 1. The first-order chi connectivity index (χ1) is 27.7. The average Bonchev–Trinajstić information content (AvgIpc) is 4.08. The first kappa shape index (κ1) is 43.9.